The number of carbonyl (C=O) groups excluding carboxylic acids is 1. The van der Waals surface area contributed by atoms with Crippen LogP contribution in [0.5, 0.6) is 0 Å². The van der Waals surface area contributed by atoms with Gasteiger partial charge in [-0.2, -0.15) is 0 Å². The molecular weight excluding hydrogens is 304 g/mol. The predicted octanol–water partition coefficient (Wildman–Crippen LogP) is 3.50. The molecule has 0 saturated carbocycles. The van der Waals surface area contributed by atoms with E-state index in [1.54, 1.807) is 13.8 Å². The minimum absolute atomic E-state index is 0.264. The molecule has 0 radical (unpaired) electrons. The van der Waals surface area contributed by atoms with E-state index in [1.807, 2.05) is 24.3 Å². The normalized spacial score (nSPS) is 14.5. The Morgan fingerprint density at radius 3 is 2.38 bits per heavy atom. The lowest BCUT2D eigenvalue weighted by Crippen LogP contribution is -2.29. The van der Waals surface area contributed by atoms with Crippen LogP contribution in [0.15, 0.2) is 39.5 Å². The van der Waals surface area contributed by atoms with Gasteiger partial charge in [-0.1, -0.05) is 0 Å². The Labute approximate surface area is 141 Å². The molecule has 2 heterocycles. The van der Waals surface area contributed by atoms with Gasteiger partial charge >= 0.3 is 5.63 Å². The summed E-state index contributed by atoms with van der Waals surface area (Å²) in [6.07, 6.45) is 3.77. The molecule has 0 atom stereocenters. The van der Waals surface area contributed by atoms with Gasteiger partial charge < -0.3 is 14.6 Å². The highest BCUT2D eigenvalue weighted by Crippen LogP contribution is 2.22. The third-order valence-corrected chi connectivity index (χ3v) is 4.41. The second-order valence-electron chi connectivity index (χ2n) is 6.23. The van der Waals surface area contributed by atoms with Crippen LogP contribution >= 0.6 is 0 Å². The van der Waals surface area contributed by atoms with Gasteiger partial charge in [0.2, 0.25) is 0 Å². The Hall–Kier alpha value is -2.56. The summed E-state index contributed by atoms with van der Waals surface area (Å²) in [5.74, 6) is 0.0712. The van der Waals surface area contributed by atoms with Crippen molar-refractivity contribution in [1.82, 2.24) is 0 Å². The first kappa shape index (κ1) is 16.3. The molecule has 0 spiro atoms. The number of piperidine rings is 1. The molecule has 1 aliphatic heterocycles. The average Bonchev–Trinajstić information content (AvgIpc) is 2.55. The van der Waals surface area contributed by atoms with Gasteiger partial charge in [0.25, 0.3) is 5.91 Å². The molecule has 0 bridgehead atoms. The number of carbonyl (C=O) groups is 1. The van der Waals surface area contributed by atoms with Crippen molar-refractivity contribution >= 4 is 17.3 Å². The Kier molecular flexibility index (Phi) is 4.69. The van der Waals surface area contributed by atoms with Gasteiger partial charge in [-0.25, -0.2) is 4.79 Å². The number of amides is 1. The highest BCUT2D eigenvalue weighted by Gasteiger charge is 2.16. The van der Waals surface area contributed by atoms with Gasteiger partial charge in [-0.15, -0.1) is 0 Å². The largest absolute Gasteiger partial charge is 0.427 e. The van der Waals surface area contributed by atoms with E-state index in [0.717, 1.165) is 18.8 Å². The van der Waals surface area contributed by atoms with Crippen LogP contribution in [-0.2, 0) is 0 Å². The van der Waals surface area contributed by atoms with Crippen LogP contribution in [0.2, 0.25) is 0 Å². The quantitative estimate of drug-likeness (QED) is 0.938. The maximum absolute atomic E-state index is 12.5. The summed E-state index contributed by atoms with van der Waals surface area (Å²) in [7, 11) is 0. The molecule has 1 N–H and O–H groups in total. The zero-order chi connectivity index (χ0) is 17.1. The summed E-state index contributed by atoms with van der Waals surface area (Å²) >= 11 is 0. The van der Waals surface area contributed by atoms with E-state index in [-0.39, 0.29) is 5.91 Å². The van der Waals surface area contributed by atoms with Gasteiger partial charge in [-0.3, -0.25) is 4.79 Å². The van der Waals surface area contributed by atoms with Crippen molar-refractivity contribution in [2.75, 3.05) is 23.3 Å². The summed E-state index contributed by atoms with van der Waals surface area (Å²) in [4.78, 5) is 26.2. The maximum atomic E-state index is 12.5. The Morgan fingerprint density at radius 2 is 1.75 bits per heavy atom. The van der Waals surface area contributed by atoms with E-state index >= 15 is 0 Å². The van der Waals surface area contributed by atoms with Gasteiger partial charge in [0.05, 0.1) is 5.56 Å². The second kappa shape index (κ2) is 6.91. The zero-order valence-corrected chi connectivity index (χ0v) is 14.1. The summed E-state index contributed by atoms with van der Waals surface area (Å²) in [5, 5.41) is 2.87. The van der Waals surface area contributed by atoms with Gasteiger partial charge in [0.1, 0.15) is 5.76 Å². The lowest BCUT2D eigenvalue weighted by molar-refractivity contribution is 0.102. The van der Waals surface area contributed by atoms with Crippen LogP contribution in [0.25, 0.3) is 0 Å². The number of hydrogen-bond acceptors (Lipinski definition) is 4. The summed E-state index contributed by atoms with van der Waals surface area (Å²) in [6.45, 7) is 5.54. The number of benzene rings is 1. The fraction of sp³-hybridized carbons (Fsp3) is 0.368. The number of nitrogens with zero attached hydrogens (tertiary/aromatic N) is 1. The van der Waals surface area contributed by atoms with E-state index in [9.17, 15) is 9.59 Å². The molecule has 1 aliphatic rings. The average molecular weight is 326 g/mol. The second-order valence-corrected chi connectivity index (χ2v) is 6.23. The highest BCUT2D eigenvalue weighted by molar-refractivity contribution is 6.05. The third kappa shape index (κ3) is 3.50. The van der Waals surface area contributed by atoms with E-state index in [1.165, 1.54) is 31.0 Å². The first-order valence-electron chi connectivity index (χ1n) is 8.32. The van der Waals surface area contributed by atoms with Crippen molar-refractivity contribution in [2.24, 2.45) is 0 Å². The molecule has 1 aromatic carbocycles. The van der Waals surface area contributed by atoms with Crippen LogP contribution in [0.1, 0.15) is 40.9 Å². The van der Waals surface area contributed by atoms with E-state index in [0.29, 0.717) is 16.9 Å². The molecule has 1 saturated heterocycles. The molecule has 0 unspecified atom stereocenters. The van der Waals surface area contributed by atoms with Crippen molar-refractivity contribution in [1.29, 1.82) is 0 Å². The Bertz CT molecular complexity index is 761. The van der Waals surface area contributed by atoms with E-state index < -0.39 is 5.63 Å². The first-order valence-corrected chi connectivity index (χ1v) is 8.32. The summed E-state index contributed by atoms with van der Waals surface area (Å²) < 4.78 is 5.02. The number of anilines is 2. The lowest BCUT2D eigenvalue weighted by Gasteiger charge is -2.28. The van der Waals surface area contributed by atoms with Gasteiger partial charge in [-0.05, 0) is 62.9 Å². The molecular formula is C19H22N2O3. The fourth-order valence-electron chi connectivity index (χ4n) is 3.20. The van der Waals surface area contributed by atoms with E-state index in [2.05, 4.69) is 10.2 Å². The molecule has 5 nitrogen and oxygen atoms in total. The van der Waals surface area contributed by atoms with Crippen LogP contribution in [0, 0.1) is 13.8 Å². The third-order valence-electron chi connectivity index (χ3n) is 4.41. The van der Waals surface area contributed by atoms with Gasteiger partial charge in [0, 0.05) is 30.5 Å². The van der Waals surface area contributed by atoms with Crippen LogP contribution in [0.3, 0.4) is 0 Å². The molecule has 3 rings (SSSR count). The number of nitrogens with one attached hydrogen (secondary N) is 1. The smallest absolute Gasteiger partial charge is 0.336 e. The minimum Gasteiger partial charge on any atom is -0.427 e. The van der Waals surface area contributed by atoms with Crippen molar-refractivity contribution in [2.45, 2.75) is 33.1 Å². The zero-order valence-electron chi connectivity index (χ0n) is 14.1. The first-order chi connectivity index (χ1) is 11.5. The van der Waals surface area contributed by atoms with Crippen molar-refractivity contribution in [3.8, 4) is 0 Å². The summed E-state index contributed by atoms with van der Waals surface area (Å²) in [6, 6.07) is 9.22. The molecule has 1 fully saturated rings. The minimum atomic E-state index is -0.438. The Balaban J connectivity index is 1.74. The predicted molar refractivity (Wildman–Crippen MR) is 94.9 cm³/mol. The Morgan fingerprint density at radius 1 is 1.08 bits per heavy atom. The highest BCUT2D eigenvalue weighted by atomic mass is 16.4. The SMILES string of the molecule is Cc1cc(=O)oc(C)c1C(=O)Nc1ccc(N2CCCCC2)cc1. The molecule has 0 aliphatic carbocycles. The molecule has 126 valence electrons. The molecule has 5 heteroatoms. The van der Waals surface area contributed by atoms with Gasteiger partial charge in [0.15, 0.2) is 0 Å². The molecule has 1 aromatic heterocycles. The van der Waals surface area contributed by atoms with Crippen LogP contribution < -0.4 is 15.8 Å². The number of rotatable bonds is 3. The van der Waals surface area contributed by atoms with Crippen molar-refractivity contribution < 1.29 is 9.21 Å². The lowest BCUT2D eigenvalue weighted by atomic mass is 10.1. The molecule has 2 aromatic rings. The molecule has 24 heavy (non-hydrogen) atoms. The van der Waals surface area contributed by atoms with Crippen molar-refractivity contribution in [3.63, 3.8) is 0 Å². The van der Waals surface area contributed by atoms with Crippen LogP contribution in [0.4, 0.5) is 11.4 Å². The number of hydrogen-bond donors (Lipinski definition) is 1. The maximum Gasteiger partial charge on any atom is 0.336 e. The van der Waals surface area contributed by atoms with E-state index in [4.69, 9.17) is 4.42 Å². The van der Waals surface area contributed by atoms with Crippen molar-refractivity contribution in [3.05, 3.63) is 57.6 Å². The van der Waals surface area contributed by atoms with Crippen LogP contribution in [-0.4, -0.2) is 19.0 Å². The fourth-order valence-corrected chi connectivity index (χ4v) is 3.20. The standard InChI is InChI=1S/C19H22N2O3/c1-13-12-17(22)24-14(2)18(13)19(23)20-15-6-8-16(9-7-15)21-10-4-3-5-11-21/h6-9,12H,3-5,10-11H2,1-2H3,(H,20,23). The molecule has 1 amide bonds. The monoisotopic (exact) mass is 326 g/mol. The summed E-state index contributed by atoms with van der Waals surface area (Å²) in [5.41, 5.74) is 2.50. The number of aryl methyl sites for hydroxylation is 2. The topological polar surface area (TPSA) is 62.6 Å².